The zero-order valence-corrected chi connectivity index (χ0v) is 15.2. The number of fused-ring (bicyclic) bond motifs is 1. The van der Waals surface area contributed by atoms with Gasteiger partial charge in [0, 0.05) is 5.56 Å². The van der Waals surface area contributed by atoms with Gasteiger partial charge in [-0.25, -0.2) is 0 Å². The minimum atomic E-state index is 0.215. The second-order valence-corrected chi connectivity index (χ2v) is 7.22. The van der Waals surface area contributed by atoms with Gasteiger partial charge < -0.3 is 0 Å². The lowest BCUT2D eigenvalue weighted by atomic mass is 9.94. The second-order valence-electron chi connectivity index (χ2n) is 7.22. The van der Waals surface area contributed by atoms with Crippen molar-refractivity contribution in [2.24, 2.45) is 16.1 Å². The monoisotopic (exact) mass is 328 g/mol. The molecule has 126 valence electrons. The highest BCUT2D eigenvalue weighted by molar-refractivity contribution is 5.90. The number of nitrogens with zero attached hydrogens (tertiary/aromatic N) is 2. The van der Waals surface area contributed by atoms with Gasteiger partial charge >= 0.3 is 0 Å². The van der Waals surface area contributed by atoms with E-state index in [1.165, 1.54) is 33.4 Å². The molecular formula is C23H24N2. The van der Waals surface area contributed by atoms with E-state index in [4.69, 9.17) is 0 Å². The molecular weight excluding hydrogens is 304 g/mol. The van der Waals surface area contributed by atoms with E-state index in [9.17, 15) is 0 Å². The third-order valence-electron chi connectivity index (χ3n) is 5.22. The summed E-state index contributed by atoms with van der Waals surface area (Å²) < 4.78 is 0. The Kier molecular flexibility index (Phi) is 4.12. The average Bonchev–Trinajstić information content (AvgIpc) is 3.28. The summed E-state index contributed by atoms with van der Waals surface area (Å²) >= 11 is 0. The van der Waals surface area contributed by atoms with Gasteiger partial charge in [-0.3, -0.25) is 0 Å². The molecule has 0 saturated carbocycles. The van der Waals surface area contributed by atoms with Gasteiger partial charge in [-0.1, -0.05) is 69.3 Å². The summed E-state index contributed by atoms with van der Waals surface area (Å²) in [5, 5.41) is 8.87. The van der Waals surface area contributed by atoms with E-state index in [1.54, 1.807) is 0 Å². The number of allylic oxidation sites excluding steroid dienone is 4. The first-order valence-corrected chi connectivity index (χ1v) is 9.21. The van der Waals surface area contributed by atoms with Crippen molar-refractivity contribution in [3.63, 3.8) is 0 Å². The highest BCUT2D eigenvalue weighted by atomic mass is 15.2. The van der Waals surface area contributed by atoms with Gasteiger partial charge in [0.15, 0.2) is 0 Å². The topological polar surface area (TPSA) is 24.7 Å². The van der Waals surface area contributed by atoms with Crippen molar-refractivity contribution in [3.8, 4) is 0 Å². The van der Waals surface area contributed by atoms with Crippen LogP contribution in [0.1, 0.15) is 55.5 Å². The van der Waals surface area contributed by atoms with E-state index in [0.717, 1.165) is 18.5 Å². The fourth-order valence-electron chi connectivity index (χ4n) is 3.78. The molecule has 0 saturated heterocycles. The third-order valence-corrected chi connectivity index (χ3v) is 5.22. The van der Waals surface area contributed by atoms with E-state index in [1.807, 2.05) is 0 Å². The summed E-state index contributed by atoms with van der Waals surface area (Å²) in [5.41, 5.74) is 9.06. The molecule has 2 heteroatoms. The van der Waals surface area contributed by atoms with E-state index in [0.29, 0.717) is 5.92 Å². The molecule has 0 bridgehead atoms. The van der Waals surface area contributed by atoms with E-state index < -0.39 is 0 Å². The summed E-state index contributed by atoms with van der Waals surface area (Å²) in [6.45, 7) is 6.62. The number of hydrogen-bond acceptors (Lipinski definition) is 2. The lowest BCUT2D eigenvalue weighted by molar-refractivity contribution is 0.515. The molecule has 2 aromatic carbocycles. The van der Waals surface area contributed by atoms with Crippen LogP contribution < -0.4 is 0 Å². The summed E-state index contributed by atoms with van der Waals surface area (Å²) in [6.07, 6.45) is 6.72. The van der Waals surface area contributed by atoms with Crippen LogP contribution in [0.5, 0.6) is 0 Å². The maximum Gasteiger partial charge on any atom is 0.101 e. The highest BCUT2D eigenvalue weighted by Crippen LogP contribution is 2.42. The molecule has 1 aliphatic carbocycles. The largest absolute Gasteiger partial charge is 0.180 e. The van der Waals surface area contributed by atoms with Crippen LogP contribution in [0.25, 0.3) is 11.1 Å². The van der Waals surface area contributed by atoms with Crippen LogP contribution in [0, 0.1) is 5.92 Å². The maximum absolute atomic E-state index is 4.45. The summed E-state index contributed by atoms with van der Waals surface area (Å²) in [5.74, 6) is 0.486. The Morgan fingerprint density at radius 2 is 1.96 bits per heavy atom. The minimum absolute atomic E-state index is 0.215. The summed E-state index contributed by atoms with van der Waals surface area (Å²) in [4.78, 5) is 0. The second kappa shape index (κ2) is 6.44. The zero-order chi connectivity index (χ0) is 17.4. The Bertz CT molecular complexity index is 900. The van der Waals surface area contributed by atoms with Gasteiger partial charge in [-0.2, -0.15) is 10.2 Å². The molecule has 2 nitrogen and oxygen atoms in total. The lowest BCUT2D eigenvalue weighted by Gasteiger charge is -2.12. The molecule has 0 amide bonds. The van der Waals surface area contributed by atoms with Crippen LogP contribution in [0.2, 0.25) is 0 Å². The van der Waals surface area contributed by atoms with Crippen LogP contribution in [0.3, 0.4) is 0 Å². The number of rotatable bonds is 4. The molecule has 2 aromatic rings. The third kappa shape index (κ3) is 2.86. The van der Waals surface area contributed by atoms with Crippen molar-refractivity contribution < 1.29 is 0 Å². The quantitative estimate of drug-likeness (QED) is 0.582. The molecule has 0 fully saturated rings. The molecule has 1 heterocycles. The van der Waals surface area contributed by atoms with Crippen molar-refractivity contribution in [2.75, 3.05) is 0 Å². The molecule has 1 atom stereocenters. The van der Waals surface area contributed by atoms with E-state index in [-0.39, 0.29) is 6.04 Å². The Labute approximate surface area is 150 Å². The predicted molar refractivity (Wildman–Crippen MR) is 105 cm³/mol. The van der Waals surface area contributed by atoms with Crippen LogP contribution in [-0.2, 0) is 6.42 Å². The predicted octanol–water partition coefficient (Wildman–Crippen LogP) is 6.91. The first-order valence-electron chi connectivity index (χ1n) is 9.21. The number of aryl methyl sites for hydroxylation is 1. The smallest absolute Gasteiger partial charge is 0.101 e. The van der Waals surface area contributed by atoms with Crippen LogP contribution in [-0.4, -0.2) is 0 Å². The first kappa shape index (κ1) is 16.0. The molecule has 1 unspecified atom stereocenters. The Morgan fingerprint density at radius 3 is 2.76 bits per heavy atom. The Morgan fingerprint density at radius 1 is 1.12 bits per heavy atom. The van der Waals surface area contributed by atoms with Crippen LogP contribution in [0.15, 0.2) is 64.8 Å². The number of azo groups is 1. The molecule has 0 spiro atoms. The molecule has 2 aliphatic rings. The molecule has 0 radical (unpaired) electrons. The van der Waals surface area contributed by atoms with Crippen LogP contribution in [0.4, 0.5) is 5.69 Å². The fraction of sp³-hybridized carbons (Fsp3) is 0.304. The van der Waals surface area contributed by atoms with Crippen LogP contribution >= 0.6 is 0 Å². The van der Waals surface area contributed by atoms with Crippen molar-refractivity contribution in [3.05, 3.63) is 76.9 Å². The zero-order valence-electron chi connectivity index (χ0n) is 15.2. The molecule has 4 rings (SSSR count). The van der Waals surface area contributed by atoms with Crippen molar-refractivity contribution >= 4 is 16.8 Å². The Hall–Kier alpha value is -2.48. The van der Waals surface area contributed by atoms with Crippen molar-refractivity contribution in [2.45, 2.75) is 39.7 Å². The minimum Gasteiger partial charge on any atom is -0.180 e. The average molecular weight is 328 g/mol. The summed E-state index contributed by atoms with van der Waals surface area (Å²) in [6, 6.07) is 15.6. The SMILES string of the molecule is CCc1ccccc1C1=CCC(c2ccc3c(c2)N=NC3C(C)C)=C1. The van der Waals surface area contributed by atoms with Gasteiger partial charge in [0.2, 0.25) is 0 Å². The van der Waals surface area contributed by atoms with Gasteiger partial charge in [0.05, 0.1) is 5.69 Å². The number of benzene rings is 2. The van der Waals surface area contributed by atoms with Gasteiger partial charge in [-0.05, 0) is 52.7 Å². The summed E-state index contributed by atoms with van der Waals surface area (Å²) in [7, 11) is 0. The van der Waals surface area contributed by atoms with Gasteiger partial charge in [0.25, 0.3) is 0 Å². The fourth-order valence-corrected chi connectivity index (χ4v) is 3.78. The lowest BCUT2D eigenvalue weighted by Crippen LogP contribution is -2.00. The first-order chi connectivity index (χ1) is 12.2. The molecule has 1 aliphatic heterocycles. The van der Waals surface area contributed by atoms with Crippen molar-refractivity contribution in [1.29, 1.82) is 0 Å². The van der Waals surface area contributed by atoms with E-state index >= 15 is 0 Å². The molecule has 0 N–H and O–H groups in total. The standard InChI is InChI=1S/C23H24N2/c1-4-16-7-5-6-8-20(16)19-10-9-17(13-19)18-11-12-21-22(14-18)24-25-23(21)15(2)3/h5-8,10-15,23H,4,9H2,1-3H3. The van der Waals surface area contributed by atoms with Gasteiger partial charge in [0.1, 0.15) is 6.04 Å². The Balaban J connectivity index is 1.64. The molecule has 25 heavy (non-hydrogen) atoms. The van der Waals surface area contributed by atoms with Gasteiger partial charge in [-0.15, -0.1) is 0 Å². The maximum atomic E-state index is 4.45. The van der Waals surface area contributed by atoms with Crippen molar-refractivity contribution in [1.82, 2.24) is 0 Å². The van der Waals surface area contributed by atoms with E-state index in [2.05, 4.69) is 85.6 Å². The molecule has 0 aromatic heterocycles. The highest BCUT2D eigenvalue weighted by Gasteiger charge is 2.24. The number of hydrogen-bond donors (Lipinski definition) is 0. The normalized spacial score (nSPS) is 18.5.